The molecular formula is C17H13N3OS. The average molecular weight is 307 g/mol. The van der Waals surface area contributed by atoms with Gasteiger partial charge in [0, 0.05) is 22.7 Å². The molecule has 0 radical (unpaired) electrons. The summed E-state index contributed by atoms with van der Waals surface area (Å²) >= 11 is 1.66. The minimum Gasteiger partial charge on any atom is -0.392 e. The maximum absolute atomic E-state index is 9.15. The van der Waals surface area contributed by atoms with Gasteiger partial charge in [-0.15, -0.1) is 0 Å². The SMILES string of the molecule is OCc1ccc(-c2cnc3cnc(-c4ccsc4)cn23)cc1. The number of hydrogen-bond donors (Lipinski definition) is 1. The predicted molar refractivity (Wildman–Crippen MR) is 87.7 cm³/mol. The lowest BCUT2D eigenvalue weighted by atomic mass is 10.1. The van der Waals surface area contributed by atoms with Crippen LogP contribution in [-0.4, -0.2) is 19.5 Å². The summed E-state index contributed by atoms with van der Waals surface area (Å²) < 4.78 is 2.05. The van der Waals surface area contributed by atoms with Crippen molar-refractivity contribution in [2.75, 3.05) is 0 Å². The van der Waals surface area contributed by atoms with Crippen LogP contribution in [0.4, 0.5) is 0 Å². The van der Waals surface area contributed by atoms with Crippen LogP contribution in [0.15, 0.2) is 59.7 Å². The number of fused-ring (bicyclic) bond motifs is 1. The molecule has 0 saturated carbocycles. The molecule has 0 amide bonds. The van der Waals surface area contributed by atoms with E-state index >= 15 is 0 Å². The minimum absolute atomic E-state index is 0.0552. The zero-order valence-corrected chi connectivity index (χ0v) is 12.5. The number of imidazole rings is 1. The number of aromatic nitrogens is 3. The molecule has 0 saturated heterocycles. The molecule has 22 heavy (non-hydrogen) atoms. The summed E-state index contributed by atoms with van der Waals surface area (Å²) in [5.41, 5.74) is 5.84. The Labute approximate surface area is 131 Å². The Hall–Kier alpha value is -2.50. The van der Waals surface area contributed by atoms with E-state index in [-0.39, 0.29) is 6.61 Å². The Morgan fingerprint density at radius 2 is 1.86 bits per heavy atom. The third-order valence-corrected chi connectivity index (χ3v) is 4.33. The van der Waals surface area contributed by atoms with Crippen molar-refractivity contribution in [3.8, 4) is 22.5 Å². The zero-order valence-electron chi connectivity index (χ0n) is 11.7. The maximum atomic E-state index is 9.15. The Balaban J connectivity index is 1.85. The molecule has 0 aliphatic rings. The first-order valence-corrected chi connectivity index (χ1v) is 7.85. The Kier molecular flexibility index (Phi) is 3.21. The maximum Gasteiger partial charge on any atom is 0.155 e. The van der Waals surface area contributed by atoms with E-state index in [0.29, 0.717) is 0 Å². The summed E-state index contributed by atoms with van der Waals surface area (Å²) in [6.45, 7) is 0.0552. The van der Waals surface area contributed by atoms with Gasteiger partial charge in [0.25, 0.3) is 0 Å². The molecule has 108 valence electrons. The van der Waals surface area contributed by atoms with Crippen molar-refractivity contribution in [3.05, 3.63) is 65.2 Å². The molecule has 0 aliphatic heterocycles. The van der Waals surface area contributed by atoms with Crippen molar-refractivity contribution >= 4 is 17.0 Å². The Morgan fingerprint density at radius 1 is 1.00 bits per heavy atom. The second-order valence-electron chi connectivity index (χ2n) is 5.01. The first kappa shape index (κ1) is 13.2. The second kappa shape index (κ2) is 5.36. The first-order chi connectivity index (χ1) is 10.8. The number of aliphatic hydroxyl groups is 1. The smallest absolute Gasteiger partial charge is 0.155 e. The quantitative estimate of drug-likeness (QED) is 0.629. The van der Waals surface area contributed by atoms with E-state index in [1.807, 2.05) is 46.4 Å². The van der Waals surface area contributed by atoms with Crippen LogP contribution in [0.3, 0.4) is 0 Å². The van der Waals surface area contributed by atoms with E-state index in [0.717, 1.165) is 33.7 Å². The molecule has 0 fully saturated rings. The standard InChI is InChI=1S/C17H13N3OS/c21-10-12-1-3-13(4-2-12)16-7-19-17-8-18-15(9-20(16)17)14-5-6-22-11-14/h1-9,11,21H,10H2. The number of rotatable bonds is 3. The van der Waals surface area contributed by atoms with Crippen molar-refractivity contribution in [1.29, 1.82) is 0 Å². The summed E-state index contributed by atoms with van der Waals surface area (Å²) in [5.74, 6) is 0. The largest absolute Gasteiger partial charge is 0.392 e. The number of hydrogen-bond acceptors (Lipinski definition) is 4. The number of nitrogens with zero attached hydrogens (tertiary/aromatic N) is 3. The van der Waals surface area contributed by atoms with Crippen LogP contribution in [0.25, 0.3) is 28.2 Å². The van der Waals surface area contributed by atoms with Gasteiger partial charge in [-0.3, -0.25) is 9.38 Å². The van der Waals surface area contributed by atoms with Gasteiger partial charge in [0.1, 0.15) is 0 Å². The molecule has 0 unspecified atom stereocenters. The predicted octanol–water partition coefficient (Wildman–Crippen LogP) is 3.62. The van der Waals surface area contributed by atoms with Crippen LogP contribution in [0.1, 0.15) is 5.56 Å². The highest BCUT2D eigenvalue weighted by Gasteiger charge is 2.08. The van der Waals surface area contributed by atoms with Crippen LogP contribution in [-0.2, 0) is 6.61 Å². The third-order valence-electron chi connectivity index (χ3n) is 3.65. The highest BCUT2D eigenvalue weighted by Crippen LogP contribution is 2.25. The third kappa shape index (κ3) is 2.20. The van der Waals surface area contributed by atoms with Crippen LogP contribution >= 0.6 is 11.3 Å². The summed E-state index contributed by atoms with van der Waals surface area (Å²) in [4.78, 5) is 8.89. The number of aliphatic hydroxyl groups excluding tert-OH is 1. The van der Waals surface area contributed by atoms with Gasteiger partial charge in [0.05, 0.1) is 30.4 Å². The second-order valence-corrected chi connectivity index (χ2v) is 5.79. The van der Waals surface area contributed by atoms with Gasteiger partial charge in [-0.25, -0.2) is 4.98 Å². The molecule has 4 nitrogen and oxygen atoms in total. The van der Waals surface area contributed by atoms with Crippen LogP contribution in [0.2, 0.25) is 0 Å². The fraction of sp³-hybridized carbons (Fsp3) is 0.0588. The summed E-state index contributed by atoms with van der Waals surface area (Å²) in [7, 11) is 0. The van der Waals surface area contributed by atoms with Crippen molar-refractivity contribution in [2.45, 2.75) is 6.61 Å². The molecule has 1 aromatic carbocycles. The molecule has 4 aromatic rings. The van der Waals surface area contributed by atoms with Gasteiger partial charge in [0.15, 0.2) is 5.65 Å². The molecule has 1 N–H and O–H groups in total. The molecular weight excluding hydrogens is 294 g/mol. The Morgan fingerprint density at radius 3 is 2.59 bits per heavy atom. The fourth-order valence-electron chi connectivity index (χ4n) is 2.44. The van der Waals surface area contributed by atoms with Crippen molar-refractivity contribution in [2.24, 2.45) is 0 Å². The van der Waals surface area contributed by atoms with Crippen LogP contribution in [0, 0.1) is 0 Å². The van der Waals surface area contributed by atoms with E-state index in [2.05, 4.69) is 21.4 Å². The van der Waals surface area contributed by atoms with E-state index in [9.17, 15) is 0 Å². The van der Waals surface area contributed by atoms with Crippen molar-refractivity contribution in [1.82, 2.24) is 14.4 Å². The molecule has 4 rings (SSSR count). The molecule has 3 aromatic heterocycles. The van der Waals surface area contributed by atoms with E-state index in [4.69, 9.17) is 5.11 Å². The highest BCUT2D eigenvalue weighted by atomic mass is 32.1. The van der Waals surface area contributed by atoms with Crippen LogP contribution < -0.4 is 0 Å². The summed E-state index contributed by atoms with van der Waals surface area (Å²) in [5, 5.41) is 13.3. The van der Waals surface area contributed by atoms with Crippen molar-refractivity contribution < 1.29 is 5.11 Å². The van der Waals surface area contributed by atoms with Gasteiger partial charge >= 0.3 is 0 Å². The first-order valence-electron chi connectivity index (χ1n) is 6.91. The number of benzene rings is 1. The average Bonchev–Trinajstić information content (AvgIpc) is 3.24. The summed E-state index contributed by atoms with van der Waals surface area (Å²) in [6.07, 6.45) is 5.65. The highest BCUT2D eigenvalue weighted by molar-refractivity contribution is 7.08. The van der Waals surface area contributed by atoms with Gasteiger partial charge < -0.3 is 5.11 Å². The van der Waals surface area contributed by atoms with Gasteiger partial charge in [-0.05, 0) is 17.0 Å². The van der Waals surface area contributed by atoms with Gasteiger partial charge in [-0.1, -0.05) is 24.3 Å². The van der Waals surface area contributed by atoms with Crippen LogP contribution in [0.5, 0.6) is 0 Å². The molecule has 0 atom stereocenters. The molecule has 0 aliphatic carbocycles. The number of thiophene rings is 1. The van der Waals surface area contributed by atoms with Gasteiger partial charge in [-0.2, -0.15) is 11.3 Å². The monoisotopic (exact) mass is 307 g/mol. The lowest BCUT2D eigenvalue weighted by molar-refractivity contribution is 0.282. The molecule has 5 heteroatoms. The summed E-state index contributed by atoms with van der Waals surface area (Å²) in [6, 6.07) is 9.91. The van der Waals surface area contributed by atoms with E-state index in [1.54, 1.807) is 17.5 Å². The van der Waals surface area contributed by atoms with E-state index < -0.39 is 0 Å². The molecule has 0 bridgehead atoms. The normalized spacial score (nSPS) is 11.1. The van der Waals surface area contributed by atoms with E-state index in [1.165, 1.54) is 0 Å². The lowest BCUT2D eigenvalue weighted by Gasteiger charge is -2.05. The molecule has 0 spiro atoms. The molecule has 3 heterocycles. The fourth-order valence-corrected chi connectivity index (χ4v) is 3.09. The van der Waals surface area contributed by atoms with Crippen molar-refractivity contribution in [3.63, 3.8) is 0 Å². The topological polar surface area (TPSA) is 50.4 Å². The Bertz CT molecular complexity index is 911. The zero-order chi connectivity index (χ0) is 14.9. The lowest BCUT2D eigenvalue weighted by Crippen LogP contribution is -1.92. The minimum atomic E-state index is 0.0552. The van der Waals surface area contributed by atoms with Gasteiger partial charge in [0.2, 0.25) is 0 Å².